The van der Waals surface area contributed by atoms with Gasteiger partial charge >= 0.3 is 5.97 Å². The zero-order valence-corrected chi connectivity index (χ0v) is 7.13. The molecule has 0 aromatic carbocycles. The number of methoxy groups -OCH3 is 1. The van der Waals surface area contributed by atoms with Crippen molar-refractivity contribution in [1.29, 1.82) is 0 Å². The summed E-state index contributed by atoms with van der Waals surface area (Å²) >= 11 is 0. The van der Waals surface area contributed by atoms with Gasteiger partial charge in [0.2, 0.25) is 0 Å². The number of hydrogen-bond donors (Lipinski definition) is 0. The fourth-order valence-corrected chi connectivity index (χ4v) is 2.40. The first kappa shape index (κ1) is 8.02. The van der Waals surface area contributed by atoms with Crippen LogP contribution in [-0.4, -0.2) is 19.3 Å². The van der Waals surface area contributed by atoms with Gasteiger partial charge < -0.3 is 4.74 Å². The van der Waals surface area contributed by atoms with Gasteiger partial charge in [-0.05, 0) is 31.1 Å². The van der Waals surface area contributed by atoms with Crippen molar-refractivity contribution in [3.8, 4) is 0 Å². The van der Waals surface area contributed by atoms with Crippen molar-refractivity contribution >= 4 is 5.97 Å². The fourth-order valence-electron chi connectivity index (χ4n) is 2.40. The third-order valence-corrected chi connectivity index (χ3v) is 3.27. The van der Waals surface area contributed by atoms with Crippen molar-refractivity contribution in [2.45, 2.75) is 25.4 Å². The van der Waals surface area contributed by atoms with E-state index in [1.54, 1.807) is 0 Å². The van der Waals surface area contributed by atoms with Crippen LogP contribution >= 0.6 is 0 Å². The normalized spacial score (nSPS) is 44.8. The van der Waals surface area contributed by atoms with Crippen LogP contribution in [0.1, 0.15) is 19.3 Å². The summed E-state index contributed by atoms with van der Waals surface area (Å²) in [6.45, 7) is 0. The predicted octanol–water partition coefficient (Wildman–Crippen LogP) is 1.54. The SMILES string of the molecule is COC(=O)[C@@H]1CC(F)C2CC1C2. The van der Waals surface area contributed by atoms with Gasteiger partial charge in [0.05, 0.1) is 13.0 Å². The molecule has 0 radical (unpaired) electrons. The van der Waals surface area contributed by atoms with E-state index >= 15 is 0 Å². The quantitative estimate of drug-likeness (QED) is 0.561. The van der Waals surface area contributed by atoms with Gasteiger partial charge in [-0.2, -0.15) is 0 Å². The lowest BCUT2D eigenvalue weighted by Crippen LogP contribution is -2.46. The molecule has 68 valence electrons. The third kappa shape index (κ3) is 1.03. The molecule has 3 saturated carbocycles. The molecule has 1 unspecified atom stereocenters. The molecule has 0 aliphatic heterocycles. The Bertz CT molecular complexity index is 199. The Kier molecular flexibility index (Phi) is 1.81. The Hall–Kier alpha value is -0.600. The first-order valence-electron chi connectivity index (χ1n) is 4.44. The molecular weight excluding hydrogens is 159 g/mol. The molecule has 0 saturated heterocycles. The van der Waals surface area contributed by atoms with Crippen LogP contribution < -0.4 is 0 Å². The number of alkyl halides is 1. The average molecular weight is 172 g/mol. The van der Waals surface area contributed by atoms with E-state index in [4.69, 9.17) is 0 Å². The summed E-state index contributed by atoms with van der Waals surface area (Å²) < 4.78 is 17.8. The maximum Gasteiger partial charge on any atom is 0.309 e. The highest BCUT2D eigenvalue weighted by atomic mass is 19.1. The third-order valence-electron chi connectivity index (χ3n) is 3.27. The number of hydrogen-bond acceptors (Lipinski definition) is 2. The average Bonchev–Trinajstić information content (AvgIpc) is 2.00. The zero-order chi connectivity index (χ0) is 8.72. The number of esters is 1. The Morgan fingerprint density at radius 1 is 1.33 bits per heavy atom. The number of ether oxygens (including phenoxy) is 1. The number of rotatable bonds is 1. The van der Waals surface area contributed by atoms with Gasteiger partial charge in [0.1, 0.15) is 6.17 Å². The molecule has 0 spiro atoms. The standard InChI is InChI=1S/C9H13FO2/c1-12-9(11)7-4-8(10)6-2-5(7)3-6/h5-8H,2-4H2,1H3/t5?,6?,7-,8?/m1/s1. The molecule has 0 amide bonds. The molecule has 2 atom stereocenters. The smallest absolute Gasteiger partial charge is 0.309 e. The van der Waals surface area contributed by atoms with Crippen LogP contribution in [0.4, 0.5) is 4.39 Å². The minimum atomic E-state index is -0.765. The van der Waals surface area contributed by atoms with Gasteiger partial charge in [-0.25, -0.2) is 4.39 Å². The van der Waals surface area contributed by atoms with Crippen molar-refractivity contribution in [2.75, 3.05) is 7.11 Å². The summed E-state index contributed by atoms with van der Waals surface area (Å²) in [5, 5.41) is 0. The minimum absolute atomic E-state index is 0.157. The summed E-state index contributed by atoms with van der Waals surface area (Å²) in [6.07, 6.45) is 1.41. The van der Waals surface area contributed by atoms with Gasteiger partial charge in [0, 0.05) is 0 Å². The van der Waals surface area contributed by atoms with E-state index in [2.05, 4.69) is 4.74 Å². The molecule has 2 bridgehead atoms. The number of carbonyl (C=O) groups is 1. The fraction of sp³-hybridized carbons (Fsp3) is 0.889. The van der Waals surface area contributed by atoms with E-state index in [1.165, 1.54) is 7.11 Å². The first-order valence-corrected chi connectivity index (χ1v) is 4.44. The highest BCUT2D eigenvalue weighted by molar-refractivity contribution is 5.73. The molecule has 0 aromatic rings. The number of halogens is 1. The first-order chi connectivity index (χ1) is 5.72. The monoisotopic (exact) mass is 172 g/mol. The van der Waals surface area contributed by atoms with E-state index in [1.807, 2.05) is 0 Å². The van der Waals surface area contributed by atoms with Crippen LogP contribution in [0.2, 0.25) is 0 Å². The van der Waals surface area contributed by atoms with Crippen molar-refractivity contribution in [3.05, 3.63) is 0 Å². The van der Waals surface area contributed by atoms with Crippen molar-refractivity contribution < 1.29 is 13.9 Å². The van der Waals surface area contributed by atoms with Gasteiger partial charge in [0.15, 0.2) is 0 Å². The van der Waals surface area contributed by atoms with E-state index in [0.29, 0.717) is 12.3 Å². The van der Waals surface area contributed by atoms with Crippen molar-refractivity contribution in [2.24, 2.45) is 17.8 Å². The molecule has 3 aliphatic rings. The highest BCUT2D eigenvalue weighted by Crippen LogP contribution is 2.50. The molecule has 3 aliphatic carbocycles. The second-order valence-corrected chi connectivity index (χ2v) is 3.87. The molecule has 3 heteroatoms. The largest absolute Gasteiger partial charge is 0.469 e. The van der Waals surface area contributed by atoms with Crippen molar-refractivity contribution in [1.82, 2.24) is 0 Å². The molecule has 0 N–H and O–H groups in total. The Balaban J connectivity index is 2.02. The second-order valence-electron chi connectivity index (χ2n) is 3.87. The summed E-state index contributed by atoms with van der Waals surface area (Å²) in [4.78, 5) is 11.2. The Morgan fingerprint density at radius 3 is 2.50 bits per heavy atom. The van der Waals surface area contributed by atoms with Crippen LogP contribution in [0.25, 0.3) is 0 Å². The molecule has 0 heterocycles. The predicted molar refractivity (Wildman–Crippen MR) is 41.2 cm³/mol. The lowest BCUT2D eigenvalue weighted by Gasteiger charge is -2.47. The van der Waals surface area contributed by atoms with Crippen LogP contribution in [-0.2, 0) is 9.53 Å². The molecule has 3 fully saturated rings. The van der Waals surface area contributed by atoms with E-state index < -0.39 is 6.17 Å². The molecule has 2 nitrogen and oxygen atoms in total. The number of carbonyl (C=O) groups excluding carboxylic acids is 1. The lowest BCUT2D eigenvalue weighted by molar-refractivity contribution is -0.156. The topological polar surface area (TPSA) is 26.3 Å². The summed E-state index contributed by atoms with van der Waals surface area (Å²) in [6, 6.07) is 0. The van der Waals surface area contributed by atoms with Crippen LogP contribution in [0.5, 0.6) is 0 Å². The van der Waals surface area contributed by atoms with Crippen LogP contribution in [0, 0.1) is 17.8 Å². The molecule has 3 rings (SSSR count). The van der Waals surface area contributed by atoms with Crippen molar-refractivity contribution in [3.63, 3.8) is 0 Å². The number of fused-ring (bicyclic) bond motifs is 2. The van der Waals surface area contributed by atoms with Crippen LogP contribution in [0.15, 0.2) is 0 Å². The molecular formula is C9H13FO2. The zero-order valence-electron chi connectivity index (χ0n) is 7.13. The maximum atomic E-state index is 13.2. The van der Waals surface area contributed by atoms with E-state index in [-0.39, 0.29) is 17.8 Å². The van der Waals surface area contributed by atoms with E-state index in [9.17, 15) is 9.18 Å². The van der Waals surface area contributed by atoms with Crippen LogP contribution in [0.3, 0.4) is 0 Å². The molecule has 0 aromatic heterocycles. The summed E-state index contributed by atoms with van der Waals surface area (Å²) in [5.74, 6) is 0.279. The minimum Gasteiger partial charge on any atom is -0.469 e. The molecule has 12 heavy (non-hydrogen) atoms. The Labute approximate surface area is 71.1 Å². The van der Waals surface area contributed by atoms with Gasteiger partial charge in [0.25, 0.3) is 0 Å². The summed E-state index contributed by atoms with van der Waals surface area (Å²) in [5.41, 5.74) is 0. The van der Waals surface area contributed by atoms with E-state index in [0.717, 1.165) is 12.8 Å². The van der Waals surface area contributed by atoms with Gasteiger partial charge in [-0.15, -0.1) is 0 Å². The summed E-state index contributed by atoms with van der Waals surface area (Å²) in [7, 11) is 1.38. The van der Waals surface area contributed by atoms with Gasteiger partial charge in [-0.1, -0.05) is 0 Å². The van der Waals surface area contributed by atoms with Gasteiger partial charge in [-0.3, -0.25) is 4.79 Å². The second kappa shape index (κ2) is 2.71. The highest BCUT2D eigenvalue weighted by Gasteiger charge is 2.49. The lowest BCUT2D eigenvalue weighted by atomic mass is 9.59. The maximum absolute atomic E-state index is 13.2. The Morgan fingerprint density at radius 2 is 2.00 bits per heavy atom.